The lowest BCUT2D eigenvalue weighted by Gasteiger charge is -2.60. The highest BCUT2D eigenvalue weighted by atomic mass is 35.5. The van der Waals surface area contributed by atoms with Crippen LogP contribution in [0.25, 0.3) is 0 Å². The Bertz CT molecular complexity index is 766. The summed E-state index contributed by atoms with van der Waals surface area (Å²) in [5.74, 6) is 0.392. The van der Waals surface area contributed by atoms with E-state index < -0.39 is 5.60 Å². The van der Waals surface area contributed by atoms with E-state index in [0.717, 1.165) is 31.2 Å². The molecule has 1 aromatic carbocycles. The molecule has 152 valence electrons. The van der Waals surface area contributed by atoms with Crippen molar-refractivity contribution < 1.29 is 19.4 Å². The summed E-state index contributed by atoms with van der Waals surface area (Å²) in [6.45, 7) is 1.58. The number of nitrogens with one attached hydrogen (secondary N) is 1. The number of aliphatic hydroxyl groups is 1. The zero-order valence-corrected chi connectivity index (χ0v) is 17.0. The number of esters is 1. The minimum atomic E-state index is -0.589. The SMILES string of the molecule is C[C@H](NC(=O)COC(=O)CC12C[C@@H]3C[C@@H](CC(O)(C3)C1)C2)c1cccc(Cl)c1. The Balaban J connectivity index is 1.27. The van der Waals surface area contributed by atoms with Crippen molar-refractivity contribution in [2.75, 3.05) is 6.61 Å². The molecule has 4 fully saturated rings. The lowest BCUT2D eigenvalue weighted by atomic mass is 9.47. The van der Waals surface area contributed by atoms with Crippen molar-refractivity contribution >= 4 is 23.5 Å². The van der Waals surface area contributed by atoms with Crippen LogP contribution in [-0.4, -0.2) is 29.2 Å². The van der Waals surface area contributed by atoms with E-state index in [4.69, 9.17) is 16.3 Å². The summed E-state index contributed by atoms with van der Waals surface area (Å²) in [5, 5.41) is 14.2. The lowest BCUT2D eigenvalue weighted by molar-refractivity contribution is -0.177. The Hall–Kier alpha value is -1.59. The number of amides is 1. The van der Waals surface area contributed by atoms with Gasteiger partial charge in [-0.1, -0.05) is 23.7 Å². The zero-order valence-electron chi connectivity index (χ0n) is 16.2. The van der Waals surface area contributed by atoms with E-state index in [1.54, 1.807) is 12.1 Å². The third-order valence-electron chi connectivity index (χ3n) is 6.76. The van der Waals surface area contributed by atoms with Crippen molar-refractivity contribution in [1.29, 1.82) is 0 Å². The third-order valence-corrected chi connectivity index (χ3v) is 7.00. The molecule has 5 rings (SSSR count). The van der Waals surface area contributed by atoms with Crippen LogP contribution in [0.5, 0.6) is 0 Å². The second-order valence-electron chi connectivity index (χ2n) is 9.37. The first-order valence-corrected chi connectivity index (χ1v) is 10.5. The minimum absolute atomic E-state index is 0.138. The average Bonchev–Trinajstić information content (AvgIpc) is 2.57. The van der Waals surface area contributed by atoms with Gasteiger partial charge in [-0.05, 0) is 80.4 Å². The predicted octanol–water partition coefficient (Wildman–Crippen LogP) is 3.78. The molecule has 2 unspecified atom stereocenters. The molecule has 0 radical (unpaired) electrons. The fourth-order valence-corrected chi connectivity index (χ4v) is 6.45. The Labute approximate surface area is 170 Å². The molecule has 6 heteroatoms. The Morgan fingerprint density at radius 3 is 2.64 bits per heavy atom. The highest BCUT2D eigenvalue weighted by molar-refractivity contribution is 6.30. The van der Waals surface area contributed by atoms with Crippen LogP contribution in [-0.2, 0) is 14.3 Å². The molecule has 0 aromatic heterocycles. The number of halogens is 1. The van der Waals surface area contributed by atoms with Gasteiger partial charge in [0.05, 0.1) is 18.1 Å². The number of ether oxygens (including phenoxy) is 1. The maximum atomic E-state index is 12.4. The predicted molar refractivity (Wildman–Crippen MR) is 106 cm³/mol. The first kappa shape index (κ1) is 19.7. The molecule has 28 heavy (non-hydrogen) atoms. The van der Waals surface area contributed by atoms with Gasteiger partial charge in [0.2, 0.25) is 0 Å². The molecule has 4 saturated carbocycles. The number of hydrogen-bond donors (Lipinski definition) is 2. The van der Waals surface area contributed by atoms with Crippen LogP contribution in [0.3, 0.4) is 0 Å². The summed E-state index contributed by atoms with van der Waals surface area (Å²) in [5.41, 5.74) is 0.170. The van der Waals surface area contributed by atoms with Gasteiger partial charge >= 0.3 is 5.97 Å². The molecule has 4 aliphatic rings. The van der Waals surface area contributed by atoms with E-state index in [1.807, 2.05) is 19.1 Å². The Kier molecular flexibility index (Phi) is 5.17. The van der Waals surface area contributed by atoms with Crippen LogP contribution in [0.1, 0.15) is 63.5 Å². The van der Waals surface area contributed by atoms with Crippen LogP contribution >= 0.6 is 11.6 Å². The summed E-state index contributed by atoms with van der Waals surface area (Å²) in [6, 6.07) is 7.08. The quantitative estimate of drug-likeness (QED) is 0.706. The van der Waals surface area contributed by atoms with E-state index in [9.17, 15) is 14.7 Å². The molecule has 1 aromatic rings. The van der Waals surface area contributed by atoms with Crippen LogP contribution in [0.2, 0.25) is 5.02 Å². The Morgan fingerprint density at radius 2 is 2.00 bits per heavy atom. The monoisotopic (exact) mass is 405 g/mol. The van der Waals surface area contributed by atoms with Gasteiger partial charge in [-0.3, -0.25) is 9.59 Å². The van der Waals surface area contributed by atoms with Crippen LogP contribution in [0.4, 0.5) is 0 Å². The molecule has 1 amide bonds. The van der Waals surface area contributed by atoms with E-state index in [1.165, 1.54) is 6.42 Å². The number of rotatable bonds is 6. The maximum Gasteiger partial charge on any atom is 0.306 e. The molecular formula is C22H28ClNO4. The standard InChI is InChI=1S/C22H28ClNO4/c1-14(17-3-2-4-18(23)6-17)24-19(25)12-28-20(26)11-21-7-15-5-16(8-21)10-22(27,9-15)13-21/h2-4,6,14-16,27H,5,7-13H2,1H3,(H,24,25)/t14-,15-,16+,21?,22?/m0/s1. The molecule has 0 heterocycles. The van der Waals surface area contributed by atoms with Crippen molar-refractivity contribution in [2.45, 2.75) is 63.5 Å². The van der Waals surface area contributed by atoms with E-state index in [0.29, 0.717) is 29.7 Å². The van der Waals surface area contributed by atoms with Gasteiger partial charge in [0.1, 0.15) is 0 Å². The summed E-state index contributed by atoms with van der Waals surface area (Å²) in [7, 11) is 0. The minimum Gasteiger partial charge on any atom is -0.456 e. The molecule has 2 N–H and O–H groups in total. The second-order valence-corrected chi connectivity index (χ2v) is 9.80. The molecule has 4 aliphatic carbocycles. The van der Waals surface area contributed by atoms with Gasteiger partial charge < -0.3 is 15.2 Å². The van der Waals surface area contributed by atoms with Gasteiger partial charge in [-0.2, -0.15) is 0 Å². The fraction of sp³-hybridized carbons (Fsp3) is 0.636. The maximum absolute atomic E-state index is 12.4. The number of carbonyl (C=O) groups is 2. The molecule has 0 spiro atoms. The van der Waals surface area contributed by atoms with Gasteiger partial charge in [0.25, 0.3) is 5.91 Å². The third kappa shape index (κ3) is 4.20. The normalized spacial score (nSPS) is 34.1. The summed E-state index contributed by atoms with van der Waals surface area (Å²) in [4.78, 5) is 24.6. The molecule has 0 saturated heterocycles. The van der Waals surface area contributed by atoms with Crippen molar-refractivity contribution in [3.63, 3.8) is 0 Å². The first-order valence-electron chi connectivity index (χ1n) is 10.2. The number of benzene rings is 1. The van der Waals surface area contributed by atoms with Crippen molar-refractivity contribution in [1.82, 2.24) is 5.32 Å². The molecule has 4 bridgehead atoms. The van der Waals surface area contributed by atoms with E-state index >= 15 is 0 Å². The Morgan fingerprint density at radius 1 is 1.29 bits per heavy atom. The van der Waals surface area contributed by atoms with Gasteiger partial charge in [-0.25, -0.2) is 0 Å². The largest absolute Gasteiger partial charge is 0.456 e. The van der Waals surface area contributed by atoms with Crippen LogP contribution in [0, 0.1) is 17.3 Å². The lowest BCUT2D eigenvalue weighted by Crippen LogP contribution is -2.56. The van der Waals surface area contributed by atoms with Gasteiger partial charge in [0.15, 0.2) is 6.61 Å². The van der Waals surface area contributed by atoms with Crippen LogP contribution in [0.15, 0.2) is 24.3 Å². The smallest absolute Gasteiger partial charge is 0.306 e. The zero-order chi connectivity index (χ0) is 19.9. The van der Waals surface area contributed by atoms with E-state index in [-0.39, 0.29) is 29.9 Å². The molecule has 0 aliphatic heterocycles. The summed E-state index contributed by atoms with van der Waals surface area (Å²) < 4.78 is 5.28. The van der Waals surface area contributed by atoms with Gasteiger partial charge in [0, 0.05) is 5.02 Å². The average molecular weight is 406 g/mol. The molecule has 5 nitrogen and oxygen atoms in total. The summed E-state index contributed by atoms with van der Waals surface area (Å²) in [6.07, 6.45) is 5.94. The van der Waals surface area contributed by atoms with Crippen molar-refractivity contribution in [3.8, 4) is 0 Å². The highest BCUT2D eigenvalue weighted by Gasteiger charge is 2.57. The number of carbonyl (C=O) groups excluding carboxylic acids is 2. The van der Waals surface area contributed by atoms with Crippen LogP contribution < -0.4 is 5.32 Å². The fourth-order valence-electron chi connectivity index (χ4n) is 6.25. The van der Waals surface area contributed by atoms with Gasteiger partial charge in [-0.15, -0.1) is 0 Å². The summed E-state index contributed by atoms with van der Waals surface area (Å²) >= 11 is 5.99. The topological polar surface area (TPSA) is 75.6 Å². The molecule has 5 atom stereocenters. The highest BCUT2D eigenvalue weighted by Crippen LogP contribution is 2.62. The first-order chi connectivity index (χ1) is 13.2. The second kappa shape index (κ2) is 7.34. The van der Waals surface area contributed by atoms with Crippen molar-refractivity contribution in [2.24, 2.45) is 17.3 Å². The van der Waals surface area contributed by atoms with Crippen molar-refractivity contribution in [3.05, 3.63) is 34.9 Å². The van der Waals surface area contributed by atoms with E-state index in [2.05, 4.69) is 5.32 Å². The number of hydrogen-bond acceptors (Lipinski definition) is 4. The molecular weight excluding hydrogens is 378 g/mol.